The Hall–Kier alpha value is -1.65. The van der Waals surface area contributed by atoms with Gasteiger partial charge in [0, 0.05) is 16.3 Å². The van der Waals surface area contributed by atoms with Gasteiger partial charge in [0.05, 0.1) is 5.75 Å². The second kappa shape index (κ2) is 9.38. The molecule has 114 valence electrons. The van der Waals surface area contributed by atoms with Crippen LogP contribution in [0.2, 0.25) is 0 Å². The van der Waals surface area contributed by atoms with E-state index in [0.29, 0.717) is 5.75 Å². The first-order valence-electron chi connectivity index (χ1n) is 7.01. The number of amides is 1. The fraction of sp³-hybridized carbons (Fsp3) is 0.167. The zero-order chi connectivity index (χ0) is 15.6. The Morgan fingerprint density at radius 2 is 1.95 bits per heavy atom. The van der Waals surface area contributed by atoms with E-state index < -0.39 is 0 Å². The molecule has 0 aliphatic heterocycles. The number of benzene rings is 2. The highest BCUT2D eigenvalue weighted by Crippen LogP contribution is 2.19. The van der Waals surface area contributed by atoms with Crippen LogP contribution < -0.4 is 5.32 Å². The first-order valence-corrected chi connectivity index (χ1v) is 9.39. The minimum atomic E-state index is 0.0383. The Kier molecular flexibility index (Phi) is 7.13. The van der Waals surface area contributed by atoms with Crippen molar-refractivity contribution in [2.24, 2.45) is 0 Å². The van der Waals surface area contributed by atoms with E-state index in [1.807, 2.05) is 48.7 Å². The molecule has 0 atom stereocenters. The highest BCUT2D eigenvalue weighted by Gasteiger charge is 2.02. The van der Waals surface area contributed by atoms with Crippen LogP contribution in [0.4, 0.5) is 5.69 Å². The van der Waals surface area contributed by atoms with Gasteiger partial charge >= 0.3 is 0 Å². The van der Waals surface area contributed by atoms with Gasteiger partial charge in [-0.2, -0.15) is 0 Å². The summed E-state index contributed by atoms with van der Waals surface area (Å²) < 4.78 is 0. The SMILES string of the molecule is CSc1cccc(NC(=O)CSC/C=C/c2ccccc2)c1. The van der Waals surface area contributed by atoms with Gasteiger partial charge in [-0.15, -0.1) is 23.5 Å². The van der Waals surface area contributed by atoms with Gasteiger partial charge in [-0.3, -0.25) is 4.79 Å². The number of hydrogen-bond acceptors (Lipinski definition) is 3. The smallest absolute Gasteiger partial charge is 0.234 e. The van der Waals surface area contributed by atoms with Crippen LogP contribution >= 0.6 is 23.5 Å². The molecule has 0 saturated heterocycles. The van der Waals surface area contributed by atoms with Crippen molar-refractivity contribution in [2.45, 2.75) is 4.90 Å². The van der Waals surface area contributed by atoms with Crippen molar-refractivity contribution in [3.05, 3.63) is 66.2 Å². The highest BCUT2D eigenvalue weighted by molar-refractivity contribution is 8.00. The molecule has 0 saturated carbocycles. The van der Waals surface area contributed by atoms with Crippen molar-refractivity contribution >= 4 is 41.2 Å². The minimum absolute atomic E-state index is 0.0383. The van der Waals surface area contributed by atoms with Gasteiger partial charge in [-0.05, 0) is 30.0 Å². The van der Waals surface area contributed by atoms with Gasteiger partial charge in [0.1, 0.15) is 0 Å². The first kappa shape index (κ1) is 16.7. The lowest BCUT2D eigenvalue weighted by Gasteiger charge is -2.05. The second-order valence-electron chi connectivity index (χ2n) is 4.61. The van der Waals surface area contributed by atoms with E-state index in [9.17, 15) is 4.79 Å². The summed E-state index contributed by atoms with van der Waals surface area (Å²) in [6, 6.07) is 18.0. The van der Waals surface area contributed by atoms with Crippen LogP contribution in [0.3, 0.4) is 0 Å². The molecule has 2 aromatic rings. The molecule has 2 nitrogen and oxygen atoms in total. The van der Waals surface area contributed by atoms with Crippen LogP contribution in [0, 0.1) is 0 Å². The van der Waals surface area contributed by atoms with Crippen LogP contribution in [0.15, 0.2) is 65.6 Å². The van der Waals surface area contributed by atoms with Crippen molar-refractivity contribution in [3.63, 3.8) is 0 Å². The molecule has 1 N–H and O–H groups in total. The molecular weight excluding hydrogens is 310 g/mol. The van der Waals surface area contributed by atoms with E-state index in [0.717, 1.165) is 16.3 Å². The molecule has 0 bridgehead atoms. The van der Waals surface area contributed by atoms with Crippen LogP contribution in [-0.4, -0.2) is 23.7 Å². The molecule has 2 aromatic carbocycles. The van der Waals surface area contributed by atoms with Crippen molar-refractivity contribution < 1.29 is 4.79 Å². The van der Waals surface area contributed by atoms with Crippen molar-refractivity contribution in [1.29, 1.82) is 0 Å². The van der Waals surface area contributed by atoms with E-state index in [4.69, 9.17) is 0 Å². The fourth-order valence-corrected chi connectivity index (χ4v) is 2.93. The predicted octanol–water partition coefficient (Wildman–Crippen LogP) is 4.79. The zero-order valence-corrected chi connectivity index (χ0v) is 14.1. The number of carbonyl (C=O) groups is 1. The highest BCUT2D eigenvalue weighted by atomic mass is 32.2. The predicted molar refractivity (Wildman–Crippen MR) is 99.7 cm³/mol. The maximum Gasteiger partial charge on any atom is 0.234 e. The summed E-state index contributed by atoms with van der Waals surface area (Å²) in [7, 11) is 0. The largest absolute Gasteiger partial charge is 0.325 e. The molecule has 0 radical (unpaired) electrons. The Labute approximate surface area is 140 Å². The summed E-state index contributed by atoms with van der Waals surface area (Å²) in [6.07, 6.45) is 6.18. The van der Waals surface area contributed by atoms with Gasteiger partial charge < -0.3 is 5.32 Å². The lowest BCUT2D eigenvalue weighted by Crippen LogP contribution is -2.14. The summed E-state index contributed by atoms with van der Waals surface area (Å²) in [5.41, 5.74) is 2.04. The summed E-state index contributed by atoms with van der Waals surface area (Å²) in [6.45, 7) is 0. The van der Waals surface area contributed by atoms with Crippen molar-refractivity contribution in [1.82, 2.24) is 0 Å². The Bertz CT molecular complexity index is 626. The number of thioether (sulfide) groups is 2. The lowest BCUT2D eigenvalue weighted by atomic mass is 10.2. The average molecular weight is 329 g/mol. The van der Waals surface area contributed by atoms with E-state index in [2.05, 4.69) is 29.6 Å². The molecule has 0 unspecified atom stereocenters. The quantitative estimate of drug-likeness (QED) is 0.585. The topological polar surface area (TPSA) is 29.1 Å². The fourth-order valence-electron chi connectivity index (χ4n) is 1.87. The molecule has 0 heterocycles. The number of rotatable bonds is 7. The summed E-state index contributed by atoms with van der Waals surface area (Å²) in [4.78, 5) is 13.0. The van der Waals surface area contributed by atoms with Crippen LogP contribution in [0.1, 0.15) is 5.56 Å². The zero-order valence-electron chi connectivity index (χ0n) is 12.5. The maximum atomic E-state index is 11.9. The molecule has 0 aromatic heterocycles. The molecule has 0 fully saturated rings. The number of hydrogen-bond donors (Lipinski definition) is 1. The van der Waals surface area contributed by atoms with Crippen LogP contribution in [0.25, 0.3) is 6.08 Å². The molecule has 2 rings (SSSR count). The first-order chi connectivity index (χ1) is 10.8. The molecule has 0 aliphatic carbocycles. The Balaban J connectivity index is 1.70. The standard InChI is InChI=1S/C18H19NOS2/c1-21-17-11-5-10-16(13-17)19-18(20)14-22-12-6-9-15-7-3-2-4-8-15/h2-11,13H,12,14H2,1H3,(H,19,20)/b9-6+. The maximum absolute atomic E-state index is 11.9. The number of anilines is 1. The third-order valence-electron chi connectivity index (χ3n) is 2.91. The van der Waals surface area contributed by atoms with Gasteiger partial charge in [0.2, 0.25) is 5.91 Å². The van der Waals surface area contributed by atoms with Gasteiger partial charge in [-0.25, -0.2) is 0 Å². The lowest BCUT2D eigenvalue weighted by molar-refractivity contribution is -0.113. The average Bonchev–Trinajstić information content (AvgIpc) is 2.55. The second-order valence-corrected chi connectivity index (χ2v) is 6.52. The van der Waals surface area contributed by atoms with Gasteiger partial charge in [-0.1, -0.05) is 48.6 Å². The minimum Gasteiger partial charge on any atom is -0.325 e. The van der Waals surface area contributed by atoms with E-state index in [1.54, 1.807) is 23.5 Å². The van der Waals surface area contributed by atoms with E-state index in [1.165, 1.54) is 5.56 Å². The van der Waals surface area contributed by atoms with Gasteiger partial charge in [0.15, 0.2) is 0 Å². The molecule has 4 heteroatoms. The van der Waals surface area contributed by atoms with Crippen molar-refractivity contribution in [3.8, 4) is 0 Å². The summed E-state index contributed by atoms with van der Waals surface area (Å²) >= 11 is 3.27. The molecule has 0 aliphatic rings. The summed E-state index contributed by atoms with van der Waals surface area (Å²) in [5, 5.41) is 2.93. The Morgan fingerprint density at radius 1 is 1.14 bits per heavy atom. The van der Waals surface area contributed by atoms with Crippen LogP contribution in [0.5, 0.6) is 0 Å². The van der Waals surface area contributed by atoms with Gasteiger partial charge in [0.25, 0.3) is 0 Å². The number of nitrogens with one attached hydrogen (secondary N) is 1. The number of carbonyl (C=O) groups excluding carboxylic acids is 1. The van der Waals surface area contributed by atoms with E-state index >= 15 is 0 Å². The van der Waals surface area contributed by atoms with Crippen LogP contribution in [-0.2, 0) is 4.79 Å². The summed E-state index contributed by atoms with van der Waals surface area (Å²) in [5.74, 6) is 1.33. The Morgan fingerprint density at radius 3 is 2.73 bits per heavy atom. The molecular formula is C18H19NOS2. The molecule has 1 amide bonds. The normalized spacial score (nSPS) is 10.8. The van der Waals surface area contributed by atoms with E-state index in [-0.39, 0.29) is 5.91 Å². The molecule has 0 spiro atoms. The van der Waals surface area contributed by atoms with Crippen molar-refractivity contribution in [2.75, 3.05) is 23.1 Å². The third kappa shape index (κ3) is 6.00. The third-order valence-corrected chi connectivity index (χ3v) is 4.53. The molecule has 22 heavy (non-hydrogen) atoms. The monoisotopic (exact) mass is 329 g/mol.